The summed E-state index contributed by atoms with van der Waals surface area (Å²) in [5.74, 6) is 1.13. The molecule has 0 saturated carbocycles. The van der Waals surface area contributed by atoms with Crippen molar-refractivity contribution < 1.29 is 17.6 Å². The number of morpholine rings is 1. The van der Waals surface area contributed by atoms with E-state index in [1.807, 2.05) is 6.92 Å². The van der Waals surface area contributed by atoms with Gasteiger partial charge in [0.15, 0.2) is 0 Å². The third-order valence-corrected chi connectivity index (χ3v) is 5.62. The van der Waals surface area contributed by atoms with Gasteiger partial charge in [0, 0.05) is 20.0 Å². The predicted molar refractivity (Wildman–Crippen MR) is 77.2 cm³/mol. The third-order valence-electron chi connectivity index (χ3n) is 3.52. The predicted octanol–water partition coefficient (Wildman–Crippen LogP) is 1.52. The molecule has 1 aliphatic rings. The molecule has 0 radical (unpaired) electrons. The molecule has 2 rings (SSSR count). The van der Waals surface area contributed by atoms with Crippen LogP contribution in [-0.4, -0.2) is 48.4 Å². The van der Waals surface area contributed by atoms with Gasteiger partial charge in [0.1, 0.15) is 6.10 Å². The molecule has 0 N–H and O–H groups in total. The zero-order chi connectivity index (χ0) is 15.5. The molecule has 1 aromatic heterocycles. The fourth-order valence-corrected chi connectivity index (χ4v) is 4.32. The average molecular weight is 317 g/mol. The van der Waals surface area contributed by atoms with Crippen LogP contribution in [0.4, 0.5) is 0 Å². The van der Waals surface area contributed by atoms with E-state index in [1.54, 1.807) is 6.92 Å². The topological polar surface area (TPSA) is 85.5 Å². The van der Waals surface area contributed by atoms with Gasteiger partial charge in [0.25, 0.3) is 0 Å². The van der Waals surface area contributed by atoms with E-state index in [9.17, 15) is 8.42 Å². The fourth-order valence-electron chi connectivity index (χ4n) is 2.51. The highest BCUT2D eigenvalue weighted by atomic mass is 32.2. The lowest BCUT2D eigenvalue weighted by Gasteiger charge is -2.31. The van der Waals surface area contributed by atoms with Crippen molar-refractivity contribution in [2.45, 2.75) is 39.7 Å². The summed E-state index contributed by atoms with van der Waals surface area (Å²) in [6.07, 6.45) is 1.43. The van der Waals surface area contributed by atoms with Crippen molar-refractivity contribution in [2.75, 3.05) is 25.4 Å². The van der Waals surface area contributed by atoms with E-state index in [0.29, 0.717) is 24.9 Å². The molecule has 1 fully saturated rings. The van der Waals surface area contributed by atoms with Crippen LogP contribution in [0.25, 0.3) is 0 Å². The molecule has 0 bridgehead atoms. The van der Waals surface area contributed by atoms with Crippen LogP contribution < -0.4 is 0 Å². The van der Waals surface area contributed by atoms with Gasteiger partial charge in [-0.2, -0.15) is 4.31 Å². The molecule has 8 heteroatoms. The fraction of sp³-hybridized carbons (Fsp3) is 0.846. The highest BCUT2D eigenvalue weighted by Gasteiger charge is 2.33. The molecule has 1 aromatic rings. The summed E-state index contributed by atoms with van der Waals surface area (Å²) in [4.78, 5) is 0. The number of sulfonamides is 1. The minimum atomic E-state index is -3.28. The van der Waals surface area contributed by atoms with Crippen molar-refractivity contribution in [2.24, 2.45) is 5.92 Å². The molecular formula is C13H23N3O4S. The first-order valence-corrected chi connectivity index (χ1v) is 8.92. The molecule has 0 spiro atoms. The molecule has 21 heavy (non-hydrogen) atoms. The molecular weight excluding hydrogens is 294 g/mol. The van der Waals surface area contributed by atoms with Crippen molar-refractivity contribution >= 4 is 10.0 Å². The Hall–Kier alpha value is -0.990. The van der Waals surface area contributed by atoms with Crippen molar-refractivity contribution in [3.05, 3.63) is 11.8 Å². The summed E-state index contributed by atoms with van der Waals surface area (Å²) in [6.45, 7) is 6.69. The molecule has 7 nitrogen and oxygen atoms in total. The molecule has 2 atom stereocenters. The Balaban J connectivity index is 2.03. The Morgan fingerprint density at radius 2 is 2.19 bits per heavy atom. The number of rotatable bonds is 6. The lowest BCUT2D eigenvalue weighted by atomic mass is 10.1. The van der Waals surface area contributed by atoms with Crippen LogP contribution in [0, 0.1) is 12.8 Å². The van der Waals surface area contributed by atoms with Crippen LogP contribution in [0.2, 0.25) is 0 Å². The first-order valence-electron chi connectivity index (χ1n) is 7.31. The van der Waals surface area contributed by atoms with Gasteiger partial charge in [-0.25, -0.2) is 8.42 Å². The number of ether oxygens (including phenoxy) is 1. The first kappa shape index (κ1) is 16.4. The van der Waals surface area contributed by atoms with Gasteiger partial charge in [-0.15, -0.1) is 10.2 Å². The van der Waals surface area contributed by atoms with Gasteiger partial charge >= 0.3 is 0 Å². The van der Waals surface area contributed by atoms with E-state index in [4.69, 9.17) is 9.15 Å². The number of nitrogens with zero attached hydrogens (tertiary/aromatic N) is 3. The van der Waals surface area contributed by atoms with Gasteiger partial charge in [-0.3, -0.25) is 0 Å². The van der Waals surface area contributed by atoms with E-state index >= 15 is 0 Å². The van der Waals surface area contributed by atoms with Crippen LogP contribution in [-0.2, 0) is 14.8 Å². The van der Waals surface area contributed by atoms with Gasteiger partial charge in [-0.05, 0) is 12.3 Å². The number of aromatic nitrogens is 2. The smallest absolute Gasteiger partial charge is 0.246 e. The van der Waals surface area contributed by atoms with Crippen LogP contribution in [0.1, 0.15) is 44.6 Å². The van der Waals surface area contributed by atoms with Gasteiger partial charge < -0.3 is 9.15 Å². The second-order valence-corrected chi connectivity index (χ2v) is 7.56. The van der Waals surface area contributed by atoms with E-state index < -0.39 is 16.1 Å². The van der Waals surface area contributed by atoms with Crippen LogP contribution in [0.3, 0.4) is 0 Å². The standard InChI is InChI=1S/C13H23N3O4S/c1-4-5-10(2)9-21(17,18)16-6-7-19-12(8-16)13-15-14-11(3)20-13/h10,12H,4-9H2,1-3H3/t10-,12+/m1/s1. The molecule has 0 aliphatic carbocycles. The molecule has 1 aliphatic heterocycles. The summed E-state index contributed by atoms with van der Waals surface area (Å²) < 4.78 is 37.3. The largest absolute Gasteiger partial charge is 0.423 e. The average Bonchev–Trinajstić information content (AvgIpc) is 2.85. The Labute approximate surface area is 125 Å². The van der Waals surface area contributed by atoms with Crippen molar-refractivity contribution in [1.82, 2.24) is 14.5 Å². The van der Waals surface area contributed by atoms with Crippen LogP contribution in [0.15, 0.2) is 4.42 Å². The Kier molecular flexibility index (Phi) is 5.34. The summed E-state index contributed by atoms with van der Waals surface area (Å²) in [5, 5.41) is 7.67. The maximum atomic E-state index is 12.5. The number of hydrogen-bond acceptors (Lipinski definition) is 6. The minimum absolute atomic E-state index is 0.159. The maximum Gasteiger partial charge on any atom is 0.246 e. The van der Waals surface area contributed by atoms with Crippen molar-refractivity contribution in [3.8, 4) is 0 Å². The SMILES string of the molecule is CCC[C@@H](C)CS(=O)(=O)N1CCO[C@H](c2nnc(C)o2)C1. The Morgan fingerprint density at radius 3 is 2.81 bits per heavy atom. The van der Waals surface area contributed by atoms with Crippen LogP contribution in [0.5, 0.6) is 0 Å². The number of hydrogen-bond donors (Lipinski definition) is 0. The highest BCUT2D eigenvalue weighted by Crippen LogP contribution is 2.24. The normalized spacial score (nSPS) is 22.3. The van der Waals surface area contributed by atoms with E-state index in [1.165, 1.54) is 4.31 Å². The third kappa shape index (κ3) is 4.24. The number of aryl methyl sites for hydroxylation is 1. The van der Waals surface area contributed by atoms with Crippen LogP contribution >= 0.6 is 0 Å². The van der Waals surface area contributed by atoms with Gasteiger partial charge in [0.2, 0.25) is 21.8 Å². The van der Waals surface area contributed by atoms with Gasteiger partial charge in [0.05, 0.1) is 12.4 Å². The monoisotopic (exact) mass is 317 g/mol. The van der Waals surface area contributed by atoms with Gasteiger partial charge in [-0.1, -0.05) is 20.3 Å². The summed E-state index contributed by atoms with van der Waals surface area (Å²) in [5.41, 5.74) is 0. The Morgan fingerprint density at radius 1 is 1.43 bits per heavy atom. The van der Waals surface area contributed by atoms with Crippen molar-refractivity contribution in [3.63, 3.8) is 0 Å². The lowest BCUT2D eigenvalue weighted by molar-refractivity contribution is -0.0177. The summed E-state index contributed by atoms with van der Waals surface area (Å²) in [7, 11) is -3.28. The molecule has 2 heterocycles. The quantitative estimate of drug-likeness (QED) is 0.790. The van der Waals surface area contributed by atoms with E-state index in [-0.39, 0.29) is 18.2 Å². The van der Waals surface area contributed by atoms with E-state index in [0.717, 1.165) is 12.8 Å². The Bertz CT molecular complexity index is 558. The zero-order valence-electron chi connectivity index (χ0n) is 12.8. The first-order chi connectivity index (χ1) is 9.92. The van der Waals surface area contributed by atoms with E-state index in [2.05, 4.69) is 17.1 Å². The maximum absolute atomic E-state index is 12.5. The molecule has 0 unspecified atom stereocenters. The highest BCUT2D eigenvalue weighted by molar-refractivity contribution is 7.89. The second-order valence-electron chi connectivity index (χ2n) is 5.55. The molecule has 120 valence electrons. The second kappa shape index (κ2) is 6.85. The zero-order valence-corrected chi connectivity index (χ0v) is 13.6. The van der Waals surface area contributed by atoms with Crippen molar-refractivity contribution in [1.29, 1.82) is 0 Å². The minimum Gasteiger partial charge on any atom is -0.423 e. The lowest BCUT2D eigenvalue weighted by Crippen LogP contribution is -2.44. The summed E-state index contributed by atoms with van der Waals surface area (Å²) >= 11 is 0. The molecule has 0 aromatic carbocycles. The molecule has 0 amide bonds. The molecule has 1 saturated heterocycles. The summed E-state index contributed by atoms with van der Waals surface area (Å²) in [6, 6.07) is 0.